The first-order valence-electron chi connectivity index (χ1n) is 8.36. The summed E-state index contributed by atoms with van der Waals surface area (Å²) in [6.07, 6.45) is 1.55. The number of hydrogen-bond acceptors (Lipinski definition) is 7. The molecule has 3 aromatic heterocycles. The van der Waals surface area contributed by atoms with Crippen molar-refractivity contribution in [3.05, 3.63) is 65.5 Å². The molecule has 1 aromatic carbocycles. The Labute approximate surface area is 159 Å². The van der Waals surface area contributed by atoms with Gasteiger partial charge in [0.2, 0.25) is 5.13 Å². The SMILES string of the molecule is CC(c1cc2ccccc2o1)N(C)c1ccc(C(=O)Nc2nncs2)cn1. The Bertz CT molecular complexity index is 1030. The van der Waals surface area contributed by atoms with Crippen molar-refractivity contribution in [2.75, 3.05) is 17.3 Å². The van der Waals surface area contributed by atoms with E-state index in [9.17, 15) is 4.79 Å². The van der Waals surface area contributed by atoms with Crippen LogP contribution in [0, 0.1) is 0 Å². The van der Waals surface area contributed by atoms with Gasteiger partial charge >= 0.3 is 0 Å². The van der Waals surface area contributed by atoms with Crippen molar-refractivity contribution in [1.29, 1.82) is 0 Å². The highest BCUT2D eigenvalue weighted by atomic mass is 32.1. The summed E-state index contributed by atoms with van der Waals surface area (Å²) in [5.74, 6) is 1.34. The number of benzene rings is 1. The van der Waals surface area contributed by atoms with Crippen LogP contribution in [0.4, 0.5) is 10.9 Å². The molecule has 0 radical (unpaired) electrons. The number of rotatable bonds is 5. The van der Waals surface area contributed by atoms with Gasteiger partial charge in [-0.3, -0.25) is 10.1 Å². The number of hydrogen-bond donors (Lipinski definition) is 1. The maximum atomic E-state index is 12.2. The molecular formula is C19H17N5O2S. The molecule has 0 aliphatic heterocycles. The fourth-order valence-electron chi connectivity index (χ4n) is 2.72. The van der Waals surface area contributed by atoms with Gasteiger partial charge in [0.15, 0.2) is 0 Å². The molecule has 0 aliphatic rings. The average Bonchev–Trinajstić information content (AvgIpc) is 3.36. The smallest absolute Gasteiger partial charge is 0.259 e. The Morgan fingerprint density at radius 1 is 1.26 bits per heavy atom. The highest BCUT2D eigenvalue weighted by Crippen LogP contribution is 2.29. The highest BCUT2D eigenvalue weighted by Gasteiger charge is 2.18. The number of aromatic nitrogens is 3. The van der Waals surface area contributed by atoms with Crippen LogP contribution in [0.3, 0.4) is 0 Å². The van der Waals surface area contributed by atoms with Gasteiger partial charge in [0.25, 0.3) is 5.91 Å². The minimum Gasteiger partial charge on any atom is -0.459 e. The van der Waals surface area contributed by atoms with Crippen molar-refractivity contribution < 1.29 is 9.21 Å². The van der Waals surface area contributed by atoms with E-state index in [1.807, 2.05) is 48.3 Å². The zero-order valence-electron chi connectivity index (χ0n) is 14.8. The molecule has 7 nitrogen and oxygen atoms in total. The quantitative estimate of drug-likeness (QED) is 0.561. The summed E-state index contributed by atoms with van der Waals surface area (Å²) < 4.78 is 5.95. The third-order valence-electron chi connectivity index (χ3n) is 4.39. The predicted octanol–water partition coefficient (Wildman–Crippen LogP) is 4.13. The number of carbonyl (C=O) groups excluding carboxylic acids is 1. The lowest BCUT2D eigenvalue weighted by molar-refractivity contribution is 0.102. The molecule has 1 N–H and O–H groups in total. The Kier molecular flexibility index (Phi) is 4.55. The number of nitrogens with zero attached hydrogens (tertiary/aromatic N) is 4. The van der Waals surface area contributed by atoms with E-state index < -0.39 is 0 Å². The van der Waals surface area contributed by atoms with E-state index in [2.05, 4.69) is 27.4 Å². The molecule has 1 unspecified atom stereocenters. The monoisotopic (exact) mass is 379 g/mol. The minimum atomic E-state index is -0.265. The van der Waals surface area contributed by atoms with Crippen LogP contribution < -0.4 is 10.2 Å². The summed E-state index contributed by atoms with van der Waals surface area (Å²) in [6, 6.07) is 13.5. The number of anilines is 2. The number of fused-ring (bicyclic) bond motifs is 1. The van der Waals surface area contributed by atoms with Crippen LogP contribution in [0.2, 0.25) is 0 Å². The fraction of sp³-hybridized carbons (Fsp3) is 0.158. The number of amides is 1. The second-order valence-electron chi connectivity index (χ2n) is 6.08. The minimum absolute atomic E-state index is 0.00836. The summed E-state index contributed by atoms with van der Waals surface area (Å²) in [6.45, 7) is 2.05. The molecule has 0 fully saturated rings. The summed E-state index contributed by atoms with van der Waals surface area (Å²) in [7, 11) is 1.95. The molecule has 8 heteroatoms. The Morgan fingerprint density at radius 3 is 2.81 bits per heavy atom. The van der Waals surface area contributed by atoms with Crippen molar-refractivity contribution in [1.82, 2.24) is 15.2 Å². The predicted molar refractivity (Wildman–Crippen MR) is 105 cm³/mol. The third-order valence-corrected chi connectivity index (χ3v) is 5.00. The van der Waals surface area contributed by atoms with Gasteiger partial charge in [-0.25, -0.2) is 4.98 Å². The second-order valence-corrected chi connectivity index (χ2v) is 6.91. The molecule has 0 saturated carbocycles. The van der Waals surface area contributed by atoms with Crippen LogP contribution in [0.1, 0.15) is 29.1 Å². The maximum absolute atomic E-state index is 12.2. The van der Waals surface area contributed by atoms with Crippen molar-refractivity contribution in [2.45, 2.75) is 13.0 Å². The van der Waals surface area contributed by atoms with Crippen LogP contribution in [0.15, 0.2) is 58.6 Å². The van der Waals surface area contributed by atoms with Gasteiger partial charge in [0, 0.05) is 18.6 Å². The molecule has 1 atom stereocenters. The molecule has 136 valence electrons. The van der Waals surface area contributed by atoms with E-state index in [0.717, 1.165) is 22.5 Å². The zero-order chi connectivity index (χ0) is 18.8. The van der Waals surface area contributed by atoms with E-state index in [4.69, 9.17) is 4.42 Å². The van der Waals surface area contributed by atoms with Gasteiger partial charge in [-0.05, 0) is 31.2 Å². The fourth-order valence-corrected chi connectivity index (χ4v) is 3.16. The summed E-state index contributed by atoms with van der Waals surface area (Å²) in [5.41, 5.74) is 2.88. The summed E-state index contributed by atoms with van der Waals surface area (Å²) in [5, 5.41) is 11.7. The molecular weight excluding hydrogens is 362 g/mol. The van der Waals surface area contributed by atoms with Crippen molar-refractivity contribution in [3.8, 4) is 0 Å². The van der Waals surface area contributed by atoms with E-state index >= 15 is 0 Å². The third kappa shape index (κ3) is 3.52. The lowest BCUT2D eigenvalue weighted by Crippen LogP contribution is -2.22. The van der Waals surface area contributed by atoms with Gasteiger partial charge in [-0.15, -0.1) is 10.2 Å². The zero-order valence-corrected chi connectivity index (χ0v) is 15.6. The van der Waals surface area contributed by atoms with Crippen LogP contribution in [0.25, 0.3) is 11.0 Å². The number of nitrogens with one attached hydrogen (secondary N) is 1. The lowest BCUT2D eigenvalue weighted by atomic mass is 10.2. The highest BCUT2D eigenvalue weighted by molar-refractivity contribution is 7.13. The molecule has 27 heavy (non-hydrogen) atoms. The van der Waals surface area contributed by atoms with Crippen molar-refractivity contribution in [3.63, 3.8) is 0 Å². The van der Waals surface area contributed by atoms with Crippen molar-refractivity contribution >= 4 is 39.2 Å². The van der Waals surface area contributed by atoms with Crippen LogP contribution in [0.5, 0.6) is 0 Å². The molecule has 3 heterocycles. The molecule has 0 bridgehead atoms. The number of furan rings is 1. The van der Waals surface area contributed by atoms with Gasteiger partial charge in [-0.1, -0.05) is 29.5 Å². The average molecular weight is 379 g/mol. The number of pyridine rings is 1. The Hall–Kier alpha value is -3.26. The first kappa shape index (κ1) is 17.2. The topological polar surface area (TPSA) is 84.2 Å². The normalized spacial score (nSPS) is 12.1. The Morgan fingerprint density at radius 2 is 2.11 bits per heavy atom. The number of para-hydroxylation sites is 1. The molecule has 4 aromatic rings. The van der Waals surface area contributed by atoms with E-state index in [-0.39, 0.29) is 11.9 Å². The molecule has 4 rings (SSSR count). The lowest BCUT2D eigenvalue weighted by Gasteiger charge is -2.24. The summed E-state index contributed by atoms with van der Waals surface area (Å²) in [4.78, 5) is 18.6. The first-order chi connectivity index (χ1) is 13.1. The van der Waals surface area contributed by atoms with E-state index in [1.165, 1.54) is 11.3 Å². The molecule has 0 aliphatic carbocycles. The second kappa shape index (κ2) is 7.16. The maximum Gasteiger partial charge on any atom is 0.259 e. The van der Waals surface area contributed by atoms with Gasteiger partial charge < -0.3 is 9.32 Å². The Balaban J connectivity index is 1.49. The molecule has 0 spiro atoms. The first-order valence-corrected chi connectivity index (χ1v) is 9.24. The van der Waals surface area contributed by atoms with E-state index in [0.29, 0.717) is 10.7 Å². The van der Waals surface area contributed by atoms with Crippen molar-refractivity contribution in [2.24, 2.45) is 0 Å². The van der Waals surface area contributed by atoms with E-state index in [1.54, 1.807) is 17.8 Å². The van der Waals surface area contributed by atoms with Gasteiger partial charge in [0.05, 0.1) is 11.6 Å². The van der Waals surface area contributed by atoms with Crippen LogP contribution in [-0.2, 0) is 0 Å². The van der Waals surface area contributed by atoms with Gasteiger partial charge in [0.1, 0.15) is 22.7 Å². The summed E-state index contributed by atoms with van der Waals surface area (Å²) >= 11 is 1.26. The standard InChI is InChI=1S/C19H17N5O2S/c1-12(16-9-13-5-3-4-6-15(13)26-16)24(2)17-8-7-14(10-20-17)18(25)22-19-23-21-11-27-19/h3-12H,1-2H3,(H,22,23,25). The largest absolute Gasteiger partial charge is 0.459 e. The van der Waals surface area contributed by atoms with Gasteiger partial charge in [-0.2, -0.15) is 0 Å². The number of carbonyl (C=O) groups is 1. The van der Waals surface area contributed by atoms with Crippen LogP contribution in [-0.4, -0.2) is 28.1 Å². The molecule has 0 saturated heterocycles. The van der Waals surface area contributed by atoms with Crippen LogP contribution >= 0.6 is 11.3 Å². The molecule has 1 amide bonds.